The van der Waals surface area contributed by atoms with Gasteiger partial charge in [-0.1, -0.05) is 11.8 Å². The minimum atomic E-state index is -0.0893. The van der Waals surface area contributed by atoms with Crippen LogP contribution >= 0.6 is 0 Å². The Bertz CT molecular complexity index is 390. The molecule has 0 aliphatic heterocycles. The summed E-state index contributed by atoms with van der Waals surface area (Å²) in [6.07, 6.45) is 1.59. The highest BCUT2D eigenvalue weighted by molar-refractivity contribution is 5.73. The van der Waals surface area contributed by atoms with Crippen molar-refractivity contribution in [2.75, 3.05) is 12.3 Å². The van der Waals surface area contributed by atoms with Crippen LogP contribution in [0, 0.1) is 11.8 Å². The van der Waals surface area contributed by atoms with E-state index in [1.165, 1.54) is 6.92 Å². The largest absolute Gasteiger partial charge is 0.384 e. The third kappa shape index (κ3) is 3.59. The second-order valence-electron chi connectivity index (χ2n) is 2.68. The van der Waals surface area contributed by atoms with E-state index in [4.69, 9.17) is 5.73 Å². The minimum absolute atomic E-state index is 0.0893. The molecule has 3 N–H and O–H groups in total. The van der Waals surface area contributed by atoms with Gasteiger partial charge < -0.3 is 11.1 Å². The van der Waals surface area contributed by atoms with E-state index in [1.807, 2.05) is 0 Å². The highest BCUT2D eigenvalue weighted by atomic mass is 16.1. The molecule has 0 atom stereocenters. The molecule has 4 nitrogen and oxygen atoms in total. The minimum Gasteiger partial charge on any atom is -0.384 e. The lowest BCUT2D eigenvalue weighted by molar-refractivity contribution is -0.118. The maximum Gasteiger partial charge on any atom is 0.217 e. The van der Waals surface area contributed by atoms with Gasteiger partial charge in [-0.05, 0) is 12.1 Å². The van der Waals surface area contributed by atoms with Gasteiger partial charge in [-0.15, -0.1) is 0 Å². The Balaban J connectivity index is 2.55. The first-order valence-electron chi connectivity index (χ1n) is 4.13. The molecule has 14 heavy (non-hydrogen) atoms. The summed E-state index contributed by atoms with van der Waals surface area (Å²) in [5.74, 6) is 6.00. The Hall–Kier alpha value is -2.02. The van der Waals surface area contributed by atoms with Gasteiger partial charge in [0.05, 0.1) is 6.54 Å². The van der Waals surface area contributed by atoms with Crippen LogP contribution in [0.1, 0.15) is 12.5 Å². The molecule has 1 aromatic heterocycles. The molecule has 0 aliphatic carbocycles. The molecule has 1 heterocycles. The van der Waals surface area contributed by atoms with Gasteiger partial charge in [0.1, 0.15) is 5.82 Å². The highest BCUT2D eigenvalue weighted by Crippen LogP contribution is 1.99. The summed E-state index contributed by atoms with van der Waals surface area (Å²) in [7, 11) is 0. The van der Waals surface area contributed by atoms with Gasteiger partial charge in [0, 0.05) is 18.7 Å². The van der Waals surface area contributed by atoms with Crippen LogP contribution in [-0.4, -0.2) is 17.4 Å². The maximum atomic E-state index is 10.5. The summed E-state index contributed by atoms with van der Waals surface area (Å²) in [6.45, 7) is 1.80. The van der Waals surface area contributed by atoms with Crippen LogP contribution in [-0.2, 0) is 4.79 Å². The Morgan fingerprint density at radius 2 is 2.50 bits per heavy atom. The SMILES string of the molecule is CC(=O)NCC#Cc1ccnc(N)c1. The molecule has 1 aromatic rings. The summed E-state index contributed by atoms with van der Waals surface area (Å²) in [5, 5.41) is 2.57. The summed E-state index contributed by atoms with van der Waals surface area (Å²) in [4.78, 5) is 14.3. The number of nitrogens with one attached hydrogen (secondary N) is 1. The zero-order valence-corrected chi connectivity index (χ0v) is 7.87. The summed E-state index contributed by atoms with van der Waals surface area (Å²) >= 11 is 0. The van der Waals surface area contributed by atoms with Gasteiger partial charge in [-0.2, -0.15) is 0 Å². The van der Waals surface area contributed by atoms with Gasteiger partial charge in [0.15, 0.2) is 0 Å². The van der Waals surface area contributed by atoms with Crippen molar-refractivity contribution in [3.8, 4) is 11.8 Å². The number of rotatable bonds is 1. The molecule has 0 saturated heterocycles. The molecule has 0 radical (unpaired) electrons. The smallest absolute Gasteiger partial charge is 0.217 e. The molecule has 0 fully saturated rings. The number of carbonyl (C=O) groups excluding carboxylic acids is 1. The van der Waals surface area contributed by atoms with Gasteiger partial charge in [0.2, 0.25) is 5.91 Å². The molecule has 0 bridgehead atoms. The van der Waals surface area contributed by atoms with E-state index in [1.54, 1.807) is 18.3 Å². The van der Waals surface area contributed by atoms with E-state index in [9.17, 15) is 4.79 Å². The lowest BCUT2D eigenvalue weighted by atomic mass is 10.2. The first kappa shape index (κ1) is 10.1. The summed E-state index contributed by atoms with van der Waals surface area (Å²) < 4.78 is 0. The molecule has 72 valence electrons. The molecule has 0 unspecified atom stereocenters. The Morgan fingerprint density at radius 3 is 3.14 bits per heavy atom. The number of hydrogen-bond donors (Lipinski definition) is 2. The van der Waals surface area contributed by atoms with Crippen molar-refractivity contribution in [2.45, 2.75) is 6.92 Å². The van der Waals surface area contributed by atoms with Crippen molar-refractivity contribution >= 4 is 11.7 Å². The second-order valence-corrected chi connectivity index (χ2v) is 2.68. The standard InChI is InChI=1S/C10H11N3O/c1-8(14)12-5-2-3-9-4-6-13-10(11)7-9/h4,6-7H,5H2,1H3,(H2,11,13)(H,12,14). The van der Waals surface area contributed by atoms with Crippen LogP contribution in [0.15, 0.2) is 18.3 Å². The van der Waals surface area contributed by atoms with Crippen LogP contribution < -0.4 is 11.1 Å². The number of carbonyl (C=O) groups is 1. The fourth-order valence-corrected chi connectivity index (χ4v) is 0.841. The van der Waals surface area contributed by atoms with Crippen molar-refractivity contribution < 1.29 is 4.79 Å². The molecule has 0 spiro atoms. The van der Waals surface area contributed by atoms with Crippen molar-refractivity contribution in [3.05, 3.63) is 23.9 Å². The van der Waals surface area contributed by atoms with E-state index in [0.717, 1.165) is 5.56 Å². The summed E-state index contributed by atoms with van der Waals surface area (Å²) in [6, 6.07) is 3.44. The van der Waals surface area contributed by atoms with Crippen LogP contribution in [0.25, 0.3) is 0 Å². The highest BCUT2D eigenvalue weighted by Gasteiger charge is 1.88. The Morgan fingerprint density at radius 1 is 1.71 bits per heavy atom. The van der Waals surface area contributed by atoms with Crippen LogP contribution in [0.2, 0.25) is 0 Å². The third-order valence-electron chi connectivity index (χ3n) is 1.44. The number of pyridine rings is 1. The number of hydrogen-bond acceptors (Lipinski definition) is 3. The second kappa shape index (κ2) is 4.87. The molecule has 0 aliphatic rings. The van der Waals surface area contributed by atoms with Crippen LogP contribution in [0.4, 0.5) is 5.82 Å². The fraction of sp³-hybridized carbons (Fsp3) is 0.200. The van der Waals surface area contributed by atoms with Gasteiger partial charge in [-0.3, -0.25) is 4.79 Å². The third-order valence-corrected chi connectivity index (χ3v) is 1.44. The van der Waals surface area contributed by atoms with Crippen molar-refractivity contribution in [3.63, 3.8) is 0 Å². The van der Waals surface area contributed by atoms with Crippen LogP contribution in [0.5, 0.6) is 0 Å². The maximum absolute atomic E-state index is 10.5. The predicted octanol–water partition coefficient (Wildman–Crippen LogP) is 0.151. The monoisotopic (exact) mass is 189 g/mol. The van der Waals surface area contributed by atoms with Gasteiger partial charge >= 0.3 is 0 Å². The van der Waals surface area contributed by atoms with E-state index >= 15 is 0 Å². The topological polar surface area (TPSA) is 68.0 Å². The van der Waals surface area contributed by atoms with Gasteiger partial charge in [0.25, 0.3) is 0 Å². The van der Waals surface area contributed by atoms with E-state index in [-0.39, 0.29) is 5.91 Å². The number of nitrogens with zero attached hydrogens (tertiary/aromatic N) is 1. The number of amides is 1. The van der Waals surface area contributed by atoms with Crippen LogP contribution in [0.3, 0.4) is 0 Å². The molecule has 1 amide bonds. The zero-order chi connectivity index (χ0) is 10.4. The van der Waals surface area contributed by atoms with Gasteiger partial charge in [-0.25, -0.2) is 4.98 Å². The molecule has 0 saturated carbocycles. The fourth-order valence-electron chi connectivity index (χ4n) is 0.841. The quantitative estimate of drug-likeness (QED) is 0.618. The molecule has 0 aromatic carbocycles. The number of aromatic nitrogens is 1. The number of nitrogen functional groups attached to an aromatic ring is 1. The number of nitrogens with two attached hydrogens (primary N) is 1. The van der Waals surface area contributed by atoms with Crippen molar-refractivity contribution in [2.24, 2.45) is 0 Å². The first-order chi connectivity index (χ1) is 6.68. The normalized spacial score (nSPS) is 8.64. The predicted molar refractivity (Wildman–Crippen MR) is 54.2 cm³/mol. The number of anilines is 1. The zero-order valence-electron chi connectivity index (χ0n) is 7.87. The molecule has 4 heteroatoms. The lowest BCUT2D eigenvalue weighted by Gasteiger charge is -1.93. The molecule has 1 rings (SSSR count). The van der Waals surface area contributed by atoms with E-state index in [2.05, 4.69) is 22.1 Å². The molecular formula is C10H11N3O. The average Bonchev–Trinajstić information content (AvgIpc) is 2.12. The summed E-state index contributed by atoms with van der Waals surface area (Å²) in [5.41, 5.74) is 6.26. The Labute approximate surface area is 82.5 Å². The average molecular weight is 189 g/mol. The van der Waals surface area contributed by atoms with E-state index in [0.29, 0.717) is 12.4 Å². The molecular weight excluding hydrogens is 178 g/mol. The Kier molecular flexibility index (Phi) is 3.50. The lowest BCUT2D eigenvalue weighted by Crippen LogP contribution is -2.19. The van der Waals surface area contributed by atoms with Crippen molar-refractivity contribution in [1.29, 1.82) is 0 Å². The first-order valence-corrected chi connectivity index (χ1v) is 4.13. The van der Waals surface area contributed by atoms with Crippen molar-refractivity contribution in [1.82, 2.24) is 10.3 Å². The van der Waals surface area contributed by atoms with E-state index < -0.39 is 0 Å².